The molecular weight excluding hydrogens is 380 g/mol. The molecule has 0 radical (unpaired) electrons. The van der Waals surface area contributed by atoms with Gasteiger partial charge in [-0.1, -0.05) is 11.6 Å². The highest BCUT2D eigenvalue weighted by molar-refractivity contribution is 6.32. The van der Waals surface area contributed by atoms with E-state index in [2.05, 4.69) is 15.6 Å². The first-order chi connectivity index (χ1) is 13.5. The molecule has 1 rings (SSSR count). The summed E-state index contributed by atoms with van der Waals surface area (Å²) < 4.78 is 10.9. The fourth-order valence-electron chi connectivity index (χ4n) is 2.68. The van der Waals surface area contributed by atoms with Gasteiger partial charge in [-0.15, -0.1) is 0 Å². The van der Waals surface area contributed by atoms with Crippen LogP contribution in [0, 0.1) is 0 Å². The second-order valence-electron chi connectivity index (χ2n) is 5.98. The number of hydrogen-bond acceptors (Lipinski definition) is 4. The Morgan fingerprint density at radius 2 is 1.89 bits per heavy atom. The number of benzene rings is 1. The van der Waals surface area contributed by atoms with Gasteiger partial charge in [0.25, 0.3) is 0 Å². The van der Waals surface area contributed by atoms with Crippen molar-refractivity contribution in [2.24, 2.45) is 4.99 Å². The molecule has 1 aromatic rings. The molecule has 158 valence electrons. The molecule has 0 unspecified atom stereocenters. The Balaban J connectivity index is 2.76. The van der Waals surface area contributed by atoms with Crippen LogP contribution in [0.15, 0.2) is 17.1 Å². The third-order valence-electron chi connectivity index (χ3n) is 4.09. The van der Waals surface area contributed by atoms with Crippen LogP contribution in [0.3, 0.4) is 0 Å². The quantitative estimate of drug-likeness (QED) is 0.431. The first-order valence-electron chi connectivity index (χ1n) is 9.79. The van der Waals surface area contributed by atoms with Crippen LogP contribution < -0.4 is 20.1 Å². The van der Waals surface area contributed by atoms with E-state index in [4.69, 9.17) is 21.1 Å². The minimum Gasteiger partial charge on any atom is -0.493 e. The standard InChI is InChI=1S/C20H33ClN4O3/c1-6-22-20(23-11-10-18(26)25(7-2)8-3)24-14-15-12-16(21)19(28-9-4)17(13-15)27-5/h12-13H,6-11,14H2,1-5H3,(H2,22,23,24). The fourth-order valence-corrected chi connectivity index (χ4v) is 2.97. The van der Waals surface area contributed by atoms with Gasteiger partial charge in [-0.25, -0.2) is 4.99 Å². The van der Waals surface area contributed by atoms with Crippen molar-refractivity contribution in [2.75, 3.05) is 39.9 Å². The molecule has 0 fully saturated rings. The lowest BCUT2D eigenvalue weighted by molar-refractivity contribution is -0.130. The molecule has 0 aliphatic heterocycles. The van der Waals surface area contributed by atoms with Crippen molar-refractivity contribution in [3.8, 4) is 11.5 Å². The third-order valence-corrected chi connectivity index (χ3v) is 4.37. The van der Waals surface area contributed by atoms with E-state index in [1.807, 2.05) is 44.7 Å². The van der Waals surface area contributed by atoms with E-state index in [0.29, 0.717) is 48.6 Å². The maximum absolute atomic E-state index is 12.1. The number of ether oxygens (including phenoxy) is 2. The van der Waals surface area contributed by atoms with E-state index in [-0.39, 0.29) is 5.91 Å². The second-order valence-corrected chi connectivity index (χ2v) is 6.39. The Morgan fingerprint density at radius 3 is 2.46 bits per heavy atom. The van der Waals surface area contributed by atoms with Gasteiger partial charge in [0.15, 0.2) is 17.5 Å². The van der Waals surface area contributed by atoms with E-state index in [0.717, 1.165) is 25.2 Å². The number of carbonyl (C=O) groups excluding carboxylic acids is 1. The Bertz CT molecular complexity index is 649. The van der Waals surface area contributed by atoms with E-state index in [1.54, 1.807) is 7.11 Å². The van der Waals surface area contributed by atoms with Crippen molar-refractivity contribution in [3.63, 3.8) is 0 Å². The highest BCUT2D eigenvalue weighted by Gasteiger charge is 2.12. The third kappa shape index (κ3) is 7.46. The van der Waals surface area contributed by atoms with Gasteiger partial charge >= 0.3 is 0 Å². The summed E-state index contributed by atoms with van der Waals surface area (Å²) in [5.74, 6) is 1.91. The van der Waals surface area contributed by atoms with E-state index >= 15 is 0 Å². The van der Waals surface area contributed by atoms with Crippen molar-refractivity contribution in [3.05, 3.63) is 22.7 Å². The molecule has 0 saturated carbocycles. The van der Waals surface area contributed by atoms with Gasteiger partial charge in [-0.2, -0.15) is 0 Å². The average molecular weight is 413 g/mol. The number of rotatable bonds is 11. The summed E-state index contributed by atoms with van der Waals surface area (Å²) in [4.78, 5) is 18.5. The summed E-state index contributed by atoms with van der Waals surface area (Å²) in [6.07, 6.45) is 0.425. The van der Waals surface area contributed by atoms with Gasteiger partial charge in [0.05, 0.1) is 25.3 Å². The molecule has 0 spiro atoms. The maximum Gasteiger partial charge on any atom is 0.224 e. The molecule has 0 heterocycles. The molecule has 28 heavy (non-hydrogen) atoms. The fraction of sp³-hybridized carbons (Fsp3) is 0.600. The zero-order valence-electron chi connectivity index (χ0n) is 17.6. The van der Waals surface area contributed by atoms with Gasteiger partial charge < -0.3 is 25.0 Å². The summed E-state index contributed by atoms with van der Waals surface area (Å²) in [7, 11) is 1.58. The number of nitrogens with one attached hydrogen (secondary N) is 2. The van der Waals surface area contributed by atoms with Crippen LogP contribution in [0.2, 0.25) is 5.02 Å². The molecule has 0 saturated heterocycles. The Kier molecular flexibility index (Phi) is 11.2. The lowest BCUT2D eigenvalue weighted by atomic mass is 10.2. The number of nitrogens with zero attached hydrogens (tertiary/aromatic N) is 2. The van der Waals surface area contributed by atoms with Crippen molar-refractivity contribution >= 4 is 23.5 Å². The molecule has 2 N–H and O–H groups in total. The maximum atomic E-state index is 12.1. The van der Waals surface area contributed by atoms with Crippen LogP contribution in [0.4, 0.5) is 0 Å². The zero-order chi connectivity index (χ0) is 20.9. The number of methoxy groups -OCH3 is 1. The smallest absolute Gasteiger partial charge is 0.224 e. The number of amides is 1. The van der Waals surface area contributed by atoms with Gasteiger partial charge in [-0.3, -0.25) is 4.79 Å². The van der Waals surface area contributed by atoms with E-state index < -0.39 is 0 Å². The lowest BCUT2D eigenvalue weighted by Crippen LogP contribution is -2.40. The van der Waals surface area contributed by atoms with Gasteiger partial charge in [0.2, 0.25) is 5.91 Å². The molecule has 7 nitrogen and oxygen atoms in total. The van der Waals surface area contributed by atoms with Crippen LogP contribution in [0.5, 0.6) is 11.5 Å². The summed E-state index contributed by atoms with van der Waals surface area (Å²) in [6, 6.07) is 3.69. The molecule has 0 atom stereocenters. The summed E-state index contributed by atoms with van der Waals surface area (Å²) in [5.41, 5.74) is 0.904. The van der Waals surface area contributed by atoms with Crippen LogP contribution in [-0.2, 0) is 11.3 Å². The molecule has 8 heteroatoms. The predicted molar refractivity (Wildman–Crippen MR) is 115 cm³/mol. The summed E-state index contributed by atoms with van der Waals surface area (Å²) >= 11 is 6.32. The highest BCUT2D eigenvalue weighted by atomic mass is 35.5. The summed E-state index contributed by atoms with van der Waals surface area (Å²) in [5, 5.41) is 6.88. The largest absolute Gasteiger partial charge is 0.493 e. The molecule has 1 aromatic carbocycles. The zero-order valence-corrected chi connectivity index (χ0v) is 18.4. The monoisotopic (exact) mass is 412 g/mol. The normalized spacial score (nSPS) is 11.1. The topological polar surface area (TPSA) is 75.2 Å². The van der Waals surface area contributed by atoms with Crippen molar-refractivity contribution in [1.29, 1.82) is 0 Å². The van der Waals surface area contributed by atoms with Crippen molar-refractivity contribution < 1.29 is 14.3 Å². The van der Waals surface area contributed by atoms with Crippen LogP contribution >= 0.6 is 11.6 Å². The molecule has 1 amide bonds. The highest BCUT2D eigenvalue weighted by Crippen LogP contribution is 2.36. The summed E-state index contributed by atoms with van der Waals surface area (Å²) in [6.45, 7) is 11.5. The van der Waals surface area contributed by atoms with E-state index in [1.165, 1.54) is 0 Å². The number of guanidine groups is 1. The second kappa shape index (κ2) is 13.1. The molecular formula is C20H33ClN4O3. The first kappa shape index (κ1) is 23.9. The predicted octanol–water partition coefficient (Wildman–Crippen LogP) is 3.06. The minimum absolute atomic E-state index is 0.136. The average Bonchev–Trinajstić information content (AvgIpc) is 2.68. The van der Waals surface area contributed by atoms with Crippen molar-refractivity contribution in [1.82, 2.24) is 15.5 Å². The Morgan fingerprint density at radius 1 is 1.18 bits per heavy atom. The SMILES string of the molecule is CCNC(=NCc1cc(Cl)c(OCC)c(OC)c1)NCCC(=O)N(CC)CC. The lowest BCUT2D eigenvalue weighted by Gasteiger charge is -2.19. The Hall–Kier alpha value is -2.15. The molecule has 0 aromatic heterocycles. The van der Waals surface area contributed by atoms with Gasteiger partial charge in [0.1, 0.15) is 0 Å². The molecule has 0 aliphatic carbocycles. The van der Waals surface area contributed by atoms with Crippen LogP contribution in [0.25, 0.3) is 0 Å². The minimum atomic E-state index is 0.136. The molecule has 0 bridgehead atoms. The number of aliphatic imine (C=N–C) groups is 1. The first-order valence-corrected chi connectivity index (χ1v) is 10.2. The number of carbonyl (C=O) groups is 1. The van der Waals surface area contributed by atoms with E-state index in [9.17, 15) is 4.79 Å². The van der Waals surface area contributed by atoms with Gasteiger partial charge in [0, 0.05) is 32.6 Å². The number of hydrogen-bond donors (Lipinski definition) is 2. The van der Waals surface area contributed by atoms with Gasteiger partial charge in [-0.05, 0) is 45.4 Å². The molecule has 0 aliphatic rings. The van der Waals surface area contributed by atoms with Crippen LogP contribution in [0.1, 0.15) is 39.7 Å². The van der Waals surface area contributed by atoms with Crippen LogP contribution in [-0.4, -0.2) is 56.7 Å². The number of halogens is 1. The Labute approximate surface area is 173 Å². The van der Waals surface area contributed by atoms with Crippen molar-refractivity contribution in [2.45, 2.75) is 40.7 Å².